The fourth-order valence-corrected chi connectivity index (χ4v) is 3.39. The maximum atomic E-state index is 13.0. The van der Waals surface area contributed by atoms with Gasteiger partial charge in [0.05, 0.1) is 13.7 Å². The zero-order valence-corrected chi connectivity index (χ0v) is 17.9. The average molecular weight is 425 g/mol. The molecule has 1 atom stereocenters. The van der Waals surface area contributed by atoms with E-state index in [-0.39, 0.29) is 19.1 Å². The summed E-state index contributed by atoms with van der Waals surface area (Å²) in [4.78, 5) is 38.4. The number of fused-ring (bicyclic) bond motifs is 1. The molecule has 2 aromatic rings. The summed E-state index contributed by atoms with van der Waals surface area (Å²) in [5.74, 6) is 0.137. The van der Waals surface area contributed by atoms with Gasteiger partial charge in [-0.3, -0.25) is 4.79 Å². The van der Waals surface area contributed by atoms with Crippen molar-refractivity contribution in [2.45, 2.75) is 32.9 Å². The van der Waals surface area contributed by atoms with E-state index in [0.29, 0.717) is 17.9 Å². The Labute approximate surface area is 181 Å². The van der Waals surface area contributed by atoms with E-state index in [9.17, 15) is 14.4 Å². The van der Waals surface area contributed by atoms with Gasteiger partial charge in [0, 0.05) is 24.3 Å². The van der Waals surface area contributed by atoms with Crippen LogP contribution in [0.3, 0.4) is 0 Å². The van der Waals surface area contributed by atoms with Gasteiger partial charge in [-0.05, 0) is 61.7 Å². The van der Waals surface area contributed by atoms with E-state index < -0.39 is 18.0 Å². The van der Waals surface area contributed by atoms with Crippen molar-refractivity contribution in [3.63, 3.8) is 0 Å². The van der Waals surface area contributed by atoms with Crippen molar-refractivity contribution in [1.29, 1.82) is 0 Å². The molecule has 1 aliphatic rings. The summed E-state index contributed by atoms with van der Waals surface area (Å²) >= 11 is 0. The molecule has 0 bridgehead atoms. The quantitative estimate of drug-likeness (QED) is 0.665. The first kappa shape index (κ1) is 22.1. The predicted molar refractivity (Wildman–Crippen MR) is 116 cm³/mol. The number of hydrogen-bond acceptors (Lipinski definition) is 5. The second-order valence-electron chi connectivity index (χ2n) is 7.20. The second kappa shape index (κ2) is 9.97. The number of methoxy groups -OCH3 is 1. The molecule has 0 saturated carbocycles. The number of amides is 3. The van der Waals surface area contributed by atoms with Crippen LogP contribution in [-0.2, 0) is 22.5 Å². The van der Waals surface area contributed by atoms with E-state index >= 15 is 0 Å². The number of rotatable bonds is 7. The molecule has 1 heterocycles. The lowest BCUT2D eigenvalue weighted by atomic mass is 10.1. The van der Waals surface area contributed by atoms with Gasteiger partial charge in [0.15, 0.2) is 0 Å². The lowest BCUT2D eigenvalue weighted by Crippen LogP contribution is -2.44. The van der Waals surface area contributed by atoms with E-state index in [1.54, 1.807) is 50.1 Å². The number of carbonyl (C=O) groups excluding carboxylic acids is 3. The number of nitrogens with zero attached hydrogens (tertiary/aromatic N) is 1. The molecule has 31 heavy (non-hydrogen) atoms. The monoisotopic (exact) mass is 425 g/mol. The van der Waals surface area contributed by atoms with Crippen LogP contribution in [0.1, 0.15) is 35.3 Å². The molecule has 0 aromatic heterocycles. The molecule has 3 amide bonds. The minimum atomic E-state index is -0.738. The third-order valence-corrected chi connectivity index (χ3v) is 5.07. The molecule has 2 aromatic carbocycles. The standard InChI is InChI=1S/C23H27N3O5/c1-4-31-22(28)15(2)25-23(29)24-14-16-5-6-17-11-12-26(20(17)13-16)21(27)18-7-9-19(30-3)10-8-18/h5-10,13,15H,4,11-12,14H2,1-3H3,(H2,24,25,29)/t15-/m0/s1. The van der Waals surface area contributed by atoms with E-state index in [4.69, 9.17) is 9.47 Å². The number of carbonyl (C=O) groups is 3. The molecular weight excluding hydrogens is 398 g/mol. The number of benzene rings is 2. The molecule has 8 heteroatoms. The molecule has 2 N–H and O–H groups in total. The largest absolute Gasteiger partial charge is 0.497 e. The zero-order valence-electron chi connectivity index (χ0n) is 17.9. The van der Waals surface area contributed by atoms with Gasteiger partial charge < -0.3 is 25.0 Å². The highest BCUT2D eigenvalue weighted by Gasteiger charge is 2.26. The van der Waals surface area contributed by atoms with Gasteiger partial charge in [-0.15, -0.1) is 0 Å². The molecule has 0 fully saturated rings. The topological polar surface area (TPSA) is 97.0 Å². The molecule has 0 unspecified atom stereocenters. The number of anilines is 1. The van der Waals surface area contributed by atoms with Crippen LogP contribution in [0.5, 0.6) is 5.75 Å². The normalized spacial score (nSPS) is 13.2. The highest BCUT2D eigenvalue weighted by molar-refractivity contribution is 6.07. The molecular formula is C23H27N3O5. The van der Waals surface area contributed by atoms with Gasteiger partial charge in [-0.25, -0.2) is 9.59 Å². The lowest BCUT2D eigenvalue weighted by Gasteiger charge is -2.19. The summed E-state index contributed by atoms with van der Waals surface area (Å²) in [5, 5.41) is 5.28. The summed E-state index contributed by atoms with van der Waals surface area (Å²) in [6, 6.07) is 11.6. The second-order valence-corrected chi connectivity index (χ2v) is 7.20. The SMILES string of the molecule is CCOC(=O)[C@H](C)NC(=O)NCc1ccc2c(c1)N(C(=O)c1ccc(OC)cc1)CC2. The zero-order chi connectivity index (χ0) is 22.4. The predicted octanol–water partition coefficient (Wildman–Crippen LogP) is 2.65. The summed E-state index contributed by atoms with van der Waals surface area (Å²) in [6.07, 6.45) is 0.780. The van der Waals surface area contributed by atoms with Gasteiger partial charge in [0.1, 0.15) is 11.8 Å². The summed E-state index contributed by atoms with van der Waals surface area (Å²) in [6.45, 7) is 4.40. The molecule has 8 nitrogen and oxygen atoms in total. The van der Waals surface area contributed by atoms with Crippen molar-refractivity contribution < 1.29 is 23.9 Å². The van der Waals surface area contributed by atoms with Gasteiger partial charge in [0.25, 0.3) is 5.91 Å². The van der Waals surface area contributed by atoms with Gasteiger partial charge >= 0.3 is 12.0 Å². The Balaban J connectivity index is 1.63. The van der Waals surface area contributed by atoms with Gasteiger partial charge in [-0.1, -0.05) is 12.1 Å². The highest BCUT2D eigenvalue weighted by Crippen LogP contribution is 2.30. The maximum Gasteiger partial charge on any atom is 0.328 e. The molecule has 164 valence electrons. The van der Waals surface area contributed by atoms with E-state index in [0.717, 1.165) is 23.2 Å². The van der Waals surface area contributed by atoms with Crippen molar-refractivity contribution in [3.8, 4) is 5.75 Å². The van der Waals surface area contributed by atoms with Gasteiger partial charge in [0.2, 0.25) is 0 Å². The molecule has 0 radical (unpaired) electrons. The van der Waals surface area contributed by atoms with Crippen molar-refractivity contribution >= 4 is 23.6 Å². The van der Waals surface area contributed by atoms with E-state index in [1.165, 1.54) is 0 Å². The average Bonchev–Trinajstić information content (AvgIpc) is 3.20. The van der Waals surface area contributed by atoms with E-state index in [1.807, 2.05) is 18.2 Å². The first-order valence-electron chi connectivity index (χ1n) is 10.2. The fraction of sp³-hybridized carbons (Fsp3) is 0.348. The van der Waals surface area contributed by atoms with Crippen molar-refractivity contribution in [2.24, 2.45) is 0 Å². The Morgan fingerprint density at radius 2 is 1.87 bits per heavy atom. The van der Waals surface area contributed by atoms with Crippen LogP contribution in [-0.4, -0.2) is 44.2 Å². The fourth-order valence-electron chi connectivity index (χ4n) is 3.39. The van der Waals surface area contributed by atoms with Crippen LogP contribution < -0.4 is 20.3 Å². The summed E-state index contributed by atoms with van der Waals surface area (Å²) in [5.41, 5.74) is 3.38. The Bertz CT molecular complexity index is 958. The Morgan fingerprint density at radius 3 is 2.55 bits per heavy atom. The molecule has 0 spiro atoms. The number of hydrogen-bond donors (Lipinski definition) is 2. The Hall–Kier alpha value is -3.55. The smallest absolute Gasteiger partial charge is 0.328 e. The van der Waals surface area contributed by atoms with Crippen LogP contribution in [0.15, 0.2) is 42.5 Å². The number of urea groups is 1. The van der Waals surface area contributed by atoms with E-state index in [2.05, 4.69) is 10.6 Å². The van der Waals surface area contributed by atoms with Crippen LogP contribution >= 0.6 is 0 Å². The van der Waals surface area contributed by atoms with Crippen LogP contribution in [0.2, 0.25) is 0 Å². The maximum absolute atomic E-state index is 13.0. The van der Waals surface area contributed by atoms with Gasteiger partial charge in [-0.2, -0.15) is 0 Å². The van der Waals surface area contributed by atoms with Crippen molar-refractivity contribution in [2.75, 3.05) is 25.2 Å². The first-order valence-corrected chi connectivity index (χ1v) is 10.2. The van der Waals surface area contributed by atoms with Crippen molar-refractivity contribution in [1.82, 2.24) is 10.6 Å². The van der Waals surface area contributed by atoms with Crippen LogP contribution in [0.4, 0.5) is 10.5 Å². The first-order chi connectivity index (χ1) is 14.9. The summed E-state index contributed by atoms with van der Waals surface area (Å²) < 4.78 is 10.0. The van der Waals surface area contributed by atoms with Crippen LogP contribution in [0.25, 0.3) is 0 Å². The number of nitrogens with one attached hydrogen (secondary N) is 2. The number of ether oxygens (including phenoxy) is 2. The molecule has 3 rings (SSSR count). The van der Waals surface area contributed by atoms with Crippen molar-refractivity contribution in [3.05, 3.63) is 59.2 Å². The number of esters is 1. The molecule has 1 aliphatic heterocycles. The lowest BCUT2D eigenvalue weighted by molar-refractivity contribution is -0.144. The third kappa shape index (κ3) is 5.33. The minimum absolute atomic E-state index is 0.0764. The molecule has 0 aliphatic carbocycles. The Morgan fingerprint density at radius 1 is 1.13 bits per heavy atom. The molecule has 0 saturated heterocycles. The van der Waals surface area contributed by atoms with Crippen LogP contribution in [0, 0.1) is 0 Å². The third-order valence-electron chi connectivity index (χ3n) is 5.07. The highest BCUT2D eigenvalue weighted by atomic mass is 16.5. The summed E-state index contributed by atoms with van der Waals surface area (Å²) in [7, 11) is 1.58. The Kier molecular flexibility index (Phi) is 7.12. The minimum Gasteiger partial charge on any atom is -0.497 e.